The van der Waals surface area contributed by atoms with Crippen molar-refractivity contribution in [3.8, 4) is 17.2 Å². The van der Waals surface area contributed by atoms with Gasteiger partial charge in [-0.25, -0.2) is 4.79 Å². The molecule has 0 atom stereocenters. The van der Waals surface area contributed by atoms with Crippen LogP contribution in [0.2, 0.25) is 0 Å². The summed E-state index contributed by atoms with van der Waals surface area (Å²) in [5.74, 6) is 1.75. The number of rotatable bonds is 8. The lowest BCUT2D eigenvalue weighted by Gasteiger charge is -2.24. The van der Waals surface area contributed by atoms with Crippen molar-refractivity contribution < 1.29 is 23.4 Å². The van der Waals surface area contributed by atoms with Gasteiger partial charge in [0.2, 0.25) is 0 Å². The highest BCUT2D eigenvalue weighted by Gasteiger charge is 2.33. The maximum Gasteiger partial charge on any atom is 0.336 e. The molecular weight excluding hydrogens is 386 g/mol. The minimum Gasteiger partial charge on any atom is -0.497 e. The van der Waals surface area contributed by atoms with E-state index in [4.69, 9.17) is 18.6 Å². The second-order valence-corrected chi connectivity index (χ2v) is 7.17. The third-order valence-electron chi connectivity index (χ3n) is 5.10. The predicted molar refractivity (Wildman–Crippen MR) is 111 cm³/mol. The van der Waals surface area contributed by atoms with Crippen LogP contribution in [-0.4, -0.2) is 37.7 Å². The number of carbonyl (C=O) groups excluding carboxylic acids is 1. The lowest BCUT2D eigenvalue weighted by atomic mass is 10.1. The van der Waals surface area contributed by atoms with E-state index in [1.165, 1.54) is 6.07 Å². The molecule has 1 aliphatic carbocycles. The molecule has 156 valence electrons. The normalized spacial score (nSPS) is 13.1. The summed E-state index contributed by atoms with van der Waals surface area (Å²) in [6, 6.07) is 14.0. The zero-order valence-electron chi connectivity index (χ0n) is 16.9. The van der Waals surface area contributed by atoms with Crippen LogP contribution >= 0.6 is 0 Å². The Morgan fingerprint density at radius 1 is 1.03 bits per heavy atom. The molecule has 1 saturated carbocycles. The zero-order chi connectivity index (χ0) is 21.1. The monoisotopic (exact) mass is 409 g/mol. The van der Waals surface area contributed by atoms with Gasteiger partial charge in [0.1, 0.15) is 22.8 Å². The molecule has 4 rings (SSSR count). The van der Waals surface area contributed by atoms with Crippen LogP contribution in [0.4, 0.5) is 0 Å². The van der Waals surface area contributed by atoms with Gasteiger partial charge in [-0.05, 0) is 43.2 Å². The zero-order valence-corrected chi connectivity index (χ0v) is 16.9. The van der Waals surface area contributed by atoms with Crippen LogP contribution < -0.4 is 19.8 Å². The van der Waals surface area contributed by atoms with E-state index in [0.717, 1.165) is 23.8 Å². The van der Waals surface area contributed by atoms with E-state index >= 15 is 0 Å². The highest BCUT2D eigenvalue weighted by Crippen LogP contribution is 2.32. The van der Waals surface area contributed by atoms with Crippen molar-refractivity contribution >= 4 is 16.9 Å². The van der Waals surface area contributed by atoms with Gasteiger partial charge in [-0.15, -0.1) is 0 Å². The first-order valence-corrected chi connectivity index (χ1v) is 9.74. The molecule has 30 heavy (non-hydrogen) atoms. The molecule has 1 fully saturated rings. The second-order valence-electron chi connectivity index (χ2n) is 7.17. The van der Waals surface area contributed by atoms with Crippen LogP contribution in [0.1, 0.15) is 18.4 Å². The van der Waals surface area contributed by atoms with Crippen LogP contribution in [0.25, 0.3) is 11.0 Å². The van der Waals surface area contributed by atoms with Crippen molar-refractivity contribution in [3.63, 3.8) is 0 Å². The van der Waals surface area contributed by atoms with E-state index in [2.05, 4.69) is 0 Å². The lowest BCUT2D eigenvalue weighted by molar-refractivity contribution is -0.134. The van der Waals surface area contributed by atoms with E-state index in [1.807, 2.05) is 23.1 Å². The quantitative estimate of drug-likeness (QED) is 0.531. The fraction of sp³-hybridized carbons (Fsp3) is 0.304. The third-order valence-corrected chi connectivity index (χ3v) is 5.10. The van der Waals surface area contributed by atoms with Gasteiger partial charge in [0.25, 0.3) is 5.91 Å². The number of nitrogens with zero attached hydrogens (tertiary/aromatic N) is 1. The number of methoxy groups -OCH3 is 2. The van der Waals surface area contributed by atoms with Crippen molar-refractivity contribution in [3.05, 3.63) is 64.5 Å². The Balaban J connectivity index is 1.46. The molecule has 1 amide bonds. The van der Waals surface area contributed by atoms with Gasteiger partial charge in [0.05, 0.1) is 14.2 Å². The van der Waals surface area contributed by atoms with Gasteiger partial charge in [0.15, 0.2) is 6.61 Å². The molecule has 0 radical (unpaired) electrons. The smallest absolute Gasteiger partial charge is 0.336 e. The third kappa shape index (κ3) is 4.40. The molecule has 0 aliphatic heterocycles. The molecule has 1 heterocycles. The summed E-state index contributed by atoms with van der Waals surface area (Å²) in [4.78, 5) is 26.1. The first-order chi connectivity index (χ1) is 14.6. The van der Waals surface area contributed by atoms with Crippen LogP contribution in [0.15, 0.2) is 57.7 Å². The van der Waals surface area contributed by atoms with E-state index in [1.54, 1.807) is 38.5 Å². The average molecular weight is 409 g/mol. The van der Waals surface area contributed by atoms with Crippen molar-refractivity contribution in [1.82, 2.24) is 4.90 Å². The molecule has 0 N–H and O–H groups in total. The molecule has 7 nitrogen and oxygen atoms in total. The summed E-state index contributed by atoms with van der Waals surface area (Å²) in [6.07, 6.45) is 1.96. The molecule has 1 aliphatic rings. The van der Waals surface area contributed by atoms with Crippen molar-refractivity contribution in [2.75, 3.05) is 20.8 Å². The van der Waals surface area contributed by atoms with E-state index in [-0.39, 0.29) is 18.6 Å². The summed E-state index contributed by atoms with van der Waals surface area (Å²) in [6.45, 7) is 0.337. The minimum atomic E-state index is -0.427. The Hall–Kier alpha value is -3.48. The molecule has 0 spiro atoms. The van der Waals surface area contributed by atoms with Gasteiger partial charge in [0, 0.05) is 41.7 Å². The summed E-state index contributed by atoms with van der Waals surface area (Å²) in [7, 11) is 3.20. The standard InChI is InChI=1S/C23H23NO6/c1-27-18-8-4-16(20(11-18)28-2)13-24(17-6-7-17)22(25)14-29-19-9-3-15-5-10-23(26)30-21(15)12-19/h3-5,8-12,17H,6-7,13-14H2,1-2H3. The Morgan fingerprint density at radius 2 is 1.80 bits per heavy atom. The maximum atomic E-state index is 12.9. The number of hydrogen-bond donors (Lipinski definition) is 0. The van der Waals surface area contributed by atoms with Gasteiger partial charge in [-0.3, -0.25) is 4.79 Å². The number of carbonyl (C=O) groups is 1. The number of amides is 1. The summed E-state index contributed by atoms with van der Waals surface area (Å²) < 4.78 is 21.6. The van der Waals surface area contributed by atoms with Crippen molar-refractivity contribution in [1.29, 1.82) is 0 Å². The van der Waals surface area contributed by atoms with Gasteiger partial charge >= 0.3 is 5.63 Å². The molecule has 2 aromatic carbocycles. The van der Waals surface area contributed by atoms with Crippen LogP contribution in [0, 0.1) is 0 Å². The Labute approximate surface area is 173 Å². The minimum absolute atomic E-state index is 0.0997. The largest absolute Gasteiger partial charge is 0.497 e. The molecule has 3 aromatic rings. The first-order valence-electron chi connectivity index (χ1n) is 9.74. The fourth-order valence-corrected chi connectivity index (χ4v) is 3.33. The molecular formula is C23H23NO6. The molecule has 0 saturated heterocycles. The van der Waals surface area contributed by atoms with Crippen molar-refractivity contribution in [2.24, 2.45) is 0 Å². The Kier molecular flexibility index (Phi) is 5.61. The number of fused-ring (bicyclic) bond motifs is 1. The lowest BCUT2D eigenvalue weighted by Crippen LogP contribution is -2.36. The first kappa shape index (κ1) is 19.8. The van der Waals surface area contributed by atoms with Crippen LogP contribution in [0.3, 0.4) is 0 Å². The van der Waals surface area contributed by atoms with E-state index in [9.17, 15) is 9.59 Å². The average Bonchev–Trinajstić information content (AvgIpc) is 3.60. The van der Waals surface area contributed by atoms with E-state index < -0.39 is 5.63 Å². The topological polar surface area (TPSA) is 78.2 Å². The fourth-order valence-electron chi connectivity index (χ4n) is 3.33. The predicted octanol–water partition coefficient (Wildman–Crippen LogP) is 3.38. The molecule has 0 bridgehead atoms. The molecule has 1 aromatic heterocycles. The second kappa shape index (κ2) is 8.49. The van der Waals surface area contributed by atoms with Gasteiger partial charge in [-0.1, -0.05) is 0 Å². The van der Waals surface area contributed by atoms with Gasteiger partial charge in [-0.2, -0.15) is 0 Å². The summed E-state index contributed by atoms with van der Waals surface area (Å²) >= 11 is 0. The SMILES string of the molecule is COc1ccc(CN(C(=O)COc2ccc3ccc(=O)oc3c2)C2CC2)c(OC)c1. The maximum absolute atomic E-state index is 12.9. The highest BCUT2D eigenvalue weighted by atomic mass is 16.5. The van der Waals surface area contributed by atoms with Crippen LogP contribution in [-0.2, 0) is 11.3 Å². The number of ether oxygens (including phenoxy) is 3. The van der Waals surface area contributed by atoms with Crippen LogP contribution in [0.5, 0.6) is 17.2 Å². The Bertz CT molecular complexity index is 1120. The summed E-state index contributed by atoms with van der Waals surface area (Å²) in [5, 5.41) is 0.791. The number of benzene rings is 2. The summed E-state index contributed by atoms with van der Waals surface area (Å²) in [5.41, 5.74) is 0.907. The van der Waals surface area contributed by atoms with E-state index in [0.29, 0.717) is 29.4 Å². The Morgan fingerprint density at radius 3 is 2.53 bits per heavy atom. The molecule has 0 unspecified atom stereocenters. The highest BCUT2D eigenvalue weighted by molar-refractivity contribution is 5.80. The molecule has 7 heteroatoms. The van der Waals surface area contributed by atoms with Gasteiger partial charge < -0.3 is 23.5 Å². The van der Waals surface area contributed by atoms with Crippen molar-refractivity contribution in [2.45, 2.75) is 25.4 Å². The number of hydrogen-bond acceptors (Lipinski definition) is 6.